The number of carbonyl (C=O) groups is 1. The van der Waals surface area contributed by atoms with E-state index in [1.54, 1.807) is 7.05 Å². The SMILES string of the molecule is CCC(C)NC(=O)CCNC(=NC)N(C)Cc1ccc(Br)cc1. The van der Waals surface area contributed by atoms with Crippen LogP contribution in [0.1, 0.15) is 32.3 Å². The number of nitrogens with one attached hydrogen (secondary N) is 2. The summed E-state index contributed by atoms with van der Waals surface area (Å²) in [6, 6.07) is 8.43. The largest absolute Gasteiger partial charge is 0.356 e. The van der Waals surface area contributed by atoms with Crippen LogP contribution in [0.4, 0.5) is 0 Å². The quantitative estimate of drug-likeness (QED) is 0.562. The topological polar surface area (TPSA) is 56.7 Å². The van der Waals surface area contributed by atoms with Crippen molar-refractivity contribution < 1.29 is 4.79 Å². The minimum Gasteiger partial charge on any atom is -0.356 e. The Morgan fingerprint density at radius 3 is 2.57 bits per heavy atom. The van der Waals surface area contributed by atoms with Crippen molar-refractivity contribution in [2.24, 2.45) is 4.99 Å². The number of carbonyl (C=O) groups excluding carboxylic acids is 1. The molecule has 1 rings (SSSR count). The molecule has 23 heavy (non-hydrogen) atoms. The number of rotatable bonds is 7. The molecule has 0 saturated carbocycles. The Morgan fingerprint density at radius 2 is 2.00 bits per heavy atom. The van der Waals surface area contributed by atoms with Crippen LogP contribution in [0.2, 0.25) is 0 Å². The smallest absolute Gasteiger partial charge is 0.221 e. The highest BCUT2D eigenvalue weighted by atomic mass is 79.9. The van der Waals surface area contributed by atoms with Crippen molar-refractivity contribution in [2.45, 2.75) is 39.3 Å². The van der Waals surface area contributed by atoms with Crippen LogP contribution >= 0.6 is 15.9 Å². The van der Waals surface area contributed by atoms with E-state index in [1.165, 1.54) is 5.56 Å². The Balaban J connectivity index is 2.41. The van der Waals surface area contributed by atoms with Gasteiger partial charge in [0, 0.05) is 44.1 Å². The average Bonchev–Trinajstić information content (AvgIpc) is 2.53. The van der Waals surface area contributed by atoms with Gasteiger partial charge in [-0.1, -0.05) is 35.0 Å². The Morgan fingerprint density at radius 1 is 1.35 bits per heavy atom. The minimum absolute atomic E-state index is 0.0675. The van der Waals surface area contributed by atoms with Crippen molar-refractivity contribution in [3.63, 3.8) is 0 Å². The third-order valence-electron chi connectivity index (χ3n) is 3.56. The summed E-state index contributed by atoms with van der Waals surface area (Å²) in [5.41, 5.74) is 1.20. The molecule has 128 valence electrons. The molecule has 6 heteroatoms. The van der Waals surface area contributed by atoms with Gasteiger partial charge in [-0.2, -0.15) is 0 Å². The van der Waals surface area contributed by atoms with E-state index in [4.69, 9.17) is 0 Å². The van der Waals surface area contributed by atoms with Gasteiger partial charge in [0.05, 0.1) is 0 Å². The van der Waals surface area contributed by atoms with Crippen molar-refractivity contribution >= 4 is 27.8 Å². The normalized spacial score (nSPS) is 12.7. The van der Waals surface area contributed by atoms with Gasteiger partial charge in [0.25, 0.3) is 0 Å². The minimum atomic E-state index is 0.0675. The summed E-state index contributed by atoms with van der Waals surface area (Å²) in [5, 5.41) is 6.19. The number of halogens is 1. The Bertz CT molecular complexity index is 516. The maximum Gasteiger partial charge on any atom is 0.221 e. The number of benzene rings is 1. The lowest BCUT2D eigenvalue weighted by atomic mass is 10.2. The fourth-order valence-corrected chi connectivity index (χ4v) is 2.32. The number of hydrogen-bond acceptors (Lipinski definition) is 2. The lowest BCUT2D eigenvalue weighted by Crippen LogP contribution is -2.41. The van der Waals surface area contributed by atoms with Gasteiger partial charge in [-0.05, 0) is 31.0 Å². The summed E-state index contributed by atoms with van der Waals surface area (Å²) < 4.78 is 1.07. The summed E-state index contributed by atoms with van der Waals surface area (Å²) in [5.74, 6) is 0.849. The Labute approximate surface area is 147 Å². The molecule has 2 N–H and O–H groups in total. The zero-order valence-electron chi connectivity index (χ0n) is 14.4. The number of nitrogens with zero attached hydrogens (tertiary/aromatic N) is 2. The molecule has 0 spiro atoms. The third kappa shape index (κ3) is 7.50. The van der Waals surface area contributed by atoms with Crippen molar-refractivity contribution in [3.05, 3.63) is 34.3 Å². The van der Waals surface area contributed by atoms with Gasteiger partial charge in [-0.15, -0.1) is 0 Å². The zero-order chi connectivity index (χ0) is 17.2. The second-order valence-corrected chi connectivity index (χ2v) is 6.50. The lowest BCUT2D eigenvalue weighted by Gasteiger charge is -2.22. The maximum atomic E-state index is 11.8. The van der Waals surface area contributed by atoms with Gasteiger partial charge in [-0.3, -0.25) is 9.79 Å². The van der Waals surface area contributed by atoms with E-state index >= 15 is 0 Å². The molecule has 1 atom stereocenters. The van der Waals surface area contributed by atoms with Crippen molar-refractivity contribution in [1.29, 1.82) is 0 Å². The Hall–Kier alpha value is -1.56. The van der Waals surface area contributed by atoms with Crippen LogP contribution in [0.15, 0.2) is 33.7 Å². The van der Waals surface area contributed by atoms with E-state index in [9.17, 15) is 4.79 Å². The zero-order valence-corrected chi connectivity index (χ0v) is 16.0. The van der Waals surface area contributed by atoms with E-state index in [1.807, 2.05) is 31.0 Å². The monoisotopic (exact) mass is 382 g/mol. The van der Waals surface area contributed by atoms with Gasteiger partial charge >= 0.3 is 0 Å². The standard InChI is InChI=1S/C17H27BrN4O/c1-5-13(2)21-16(23)10-11-20-17(19-3)22(4)12-14-6-8-15(18)9-7-14/h6-9,13H,5,10-12H2,1-4H3,(H,19,20)(H,21,23). The molecule has 0 radical (unpaired) electrons. The number of guanidine groups is 1. The molecule has 0 heterocycles. The van der Waals surface area contributed by atoms with Crippen LogP contribution in [-0.4, -0.2) is 43.4 Å². The molecule has 0 aliphatic carbocycles. The van der Waals surface area contributed by atoms with Crippen LogP contribution in [0.5, 0.6) is 0 Å². The van der Waals surface area contributed by atoms with Crippen LogP contribution < -0.4 is 10.6 Å². The first-order valence-corrected chi connectivity index (χ1v) is 8.71. The lowest BCUT2D eigenvalue weighted by molar-refractivity contribution is -0.121. The highest BCUT2D eigenvalue weighted by molar-refractivity contribution is 9.10. The van der Waals surface area contributed by atoms with E-state index < -0.39 is 0 Å². The Kier molecular flexibility index (Phi) is 8.69. The van der Waals surface area contributed by atoms with Crippen molar-refractivity contribution in [1.82, 2.24) is 15.5 Å². The summed E-state index contributed by atoms with van der Waals surface area (Å²) in [6.45, 7) is 5.39. The first-order valence-electron chi connectivity index (χ1n) is 7.91. The average molecular weight is 383 g/mol. The molecule has 0 fully saturated rings. The number of hydrogen-bond donors (Lipinski definition) is 2. The molecule has 1 unspecified atom stereocenters. The van der Waals surface area contributed by atoms with Gasteiger partial charge in [0.15, 0.2) is 5.96 Å². The molecular formula is C17H27BrN4O. The molecule has 1 aromatic carbocycles. The van der Waals surface area contributed by atoms with Crippen molar-refractivity contribution in [2.75, 3.05) is 20.6 Å². The second kappa shape index (κ2) is 10.3. The summed E-state index contributed by atoms with van der Waals surface area (Å²) in [7, 11) is 3.73. The fourth-order valence-electron chi connectivity index (χ4n) is 2.06. The van der Waals surface area contributed by atoms with Gasteiger partial charge < -0.3 is 15.5 Å². The van der Waals surface area contributed by atoms with Crippen LogP contribution in [0.25, 0.3) is 0 Å². The third-order valence-corrected chi connectivity index (χ3v) is 4.09. The van der Waals surface area contributed by atoms with E-state index in [-0.39, 0.29) is 11.9 Å². The molecular weight excluding hydrogens is 356 g/mol. The molecule has 0 aliphatic rings. The van der Waals surface area contributed by atoms with E-state index in [0.717, 1.165) is 23.4 Å². The van der Waals surface area contributed by atoms with Crippen molar-refractivity contribution in [3.8, 4) is 0 Å². The van der Waals surface area contributed by atoms with Crippen LogP contribution in [0.3, 0.4) is 0 Å². The first kappa shape index (κ1) is 19.5. The molecule has 0 saturated heterocycles. The van der Waals surface area contributed by atoms with E-state index in [0.29, 0.717) is 13.0 Å². The summed E-state index contributed by atoms with van der Waals surface area (Å²) in [6.07, 6.45) is 1.38. The molecule has 0 bridgehead atoms. The van der Waals surface area contributed by atoms with Crippen LogP contribution in [0, 0.1) is 0 Å². The van der Waals surface area contributed by atoms with Gasteiger partial charge in [0.2, 0.25) is 5.91 Å². The number of aliphatic imine (C=N–C) groups is 1. The second-order valence-electron chi connectivity index (χ2n) is 5.58. The summed E-state index contributed by atoms with van der Waals surface area (Å²) in [4.78, 5) is 18.1. The highest BCUT2D eigenvalue weighted by Gasteiger charge is 2.09. The molecule has 1 amide bonds. The molecule has 1 aromatic rings. The molecule has 5 nitrogen and oxygen atoms in total. The number of amides is 1. The summed E-state index contributed by atoms with van der Waals surface area (Å²) >= 11 is 3.44. The fraction of sp³-hybridized carbons (Fsp3) is 0.529. The van der Waals surface area contributed by atoms with Crippen LogP contribution in [-0.2, 0) is 11.3 Å². The predicted molar refractivity (Wildman–Crippen MR) is 99.5 cm³/mol. The first-order chi connectivity index (χ1) is 11.0. The highest BCUT2D eigenvalue weighted by Crippen LogP contribution is 2.11. The van der Waals surface area contributed by atoms with Gasteiger partial charge in [0.1, 0.15) is 0 Å². The van der Waals surface area contributed by atoms with E-state index in [2.05, 4.69) is 50.6 Å². The van der Waals surface area contributed by atoms with Gasteiger partial charge in [-0.25, -0.2) is 0 Å². The molecule has 0 aromatic heterocycles. The molecule has 0 aliphatic heterocycles. The maximum absolute atomic E-state index is 11.8. The predicted octanol–water partition coefficient (Wildman–Crippen LogP) is 2.76.